The van der Waals surface area contributed by atoms with Crippen molar-refractivity contribution in [2.45, 2.75) is 39.0 Å². The molecule has 0 amide bonds. The molecule has 5 heteroatoms. The van der Waals surface area contributed by atoms with Crippen LogP contribution in [0.1, 0.15) is 43.0 Å². The van der Waals surface area contributed by atoms with E-state index in [0.717, 1.165) is 43.7 Å². The van der Waals surface area contributed by atoms with Crippen molar-refractivity contribution in [1.82, 2.24) is 4.98 Å². The average Bonchev–Trinajstić information content (AvgIpc) is 2.47. The van der Waals surface area contributed by atoms with Crippen LogP contribution in [0.5, 0.6) is 0 Å². The molecule has 20 heavy (non-hydrogen) atoms. The lowest BCUT2D eigenvalue weighted by Crippen LogP contribution is -2.29. The summed E-state index contributed by atoms with van der Waals surface area (Å²) in [4.78, 5) is 7.39. The van der Waals surface area contributed by atoms with Crippen LogP contribution in [0.4, 0.5) is 5.82 Å². The van der Waals surface area contributed by atoms with Gasteiger partial charge < -0.3 is 15.7 Å². The van der Waals surface area contributed by atoms with Crippen molar-refractivity contribution in [3.63, 3.8) is 0 Å². The van der Waals surface area contributed by atoms with Gasteiger partial charge in [0.1, 0.15) is 10.8 Å². The summed E-state index contributed by atoms with van der Waals surface area (Å²) in [6, 6.07) is 2.13. The number of aliphatic hydroxyl groups excluding tert-OH is 1. The van der Waals surface area contributed by atoms with Gasteiger partial charge in [-0.2, -0.15) is 0 Å². The predicted octanol–water partition coefficient (Wildman–Crippen LogP) is 1.80. The highest BCUT2D eigenvalue weighted by atomic mass is 32.1. The normalized spacial score (nSPS) is 13.9. The quantitative estimate of drug-likeness (QED) is 0.783. The van der Waals surface area contributed by atoms with Gasteiger partial charge in [0.15, 0.2) is 0 Å². The van der Waals surface area contributed by atoms with Crippen molar-refractivity contribution in [3.05, 3.63) is 22.9 Å². The average molecular weight is 293 g/mol. The third kappa shape index (κ3) is 3.27. The minimum Gasteiger partial charge on any atom is -0.396 e. The van der Waals surface area contributed by atoms with Gasteiger partial charge in [0.25, 0.3) is 0 Å². The molecule has 0 bridgehead atoms. The summed E-state index contributed by atoms with van der Waals surface area (Å²) in [6.45, 7) is 3.88. The number of fused-ring (bicyclic) bond motifs is 1. The largest absolute Gasteiger partial charge is 0.396 e. The van der Waals surface area contributed by atoms with E-state index in [1.165, 1.54) is 24.1 Å². The van der Waals surface area contributed by atoms with Gasteiger partial charge >= 0.3 is 0 Å². The first-order valence-corrected chi connectivity index (χ1v) is 7.76. The first-order valence-electron chi connectivity index (χ1n) is 7.35. The molecule has 110 valence electrons. The fraction of sp³-hybridized carbons (Fsp3) is 0.600. The lowest BCUT2D eigenvalue weighted by molar-refractivity contribution is 0.289. The van der Waals surface area contributed by atoms with Gasteiger partial charge in [-0.1, -0.05) is 12.2 Å². The van der Waals surface area contributed by atoms with Crippen LogP contribution in [-0.2, 0) is 12.8 Å². The standard InChI is InChI=1S/C15H23N3OS/c1-2-18(8-5-9-19)15-12(14(16)20)10-11-6-3-4-7-13(11)17-15/h10,19H,2-9H2,1H3,(H2,16,20). The number of pyridine rings is 1. The third-order valence-electron chi connectivity index (χ3n) is 3.81. The molecule has 0 spiro atoms. The molecule has 0 unspecified atom stereocenters. The Bertz CT molecular complexity index is 490. The molecule has 0 saturated carbocycles. The fourth-order valence-electron chi connectivity index (χ4n) is 2.72. The lowest BCUT2D eigenvalue weighted by Gasteiger charge is -2.26. The number of nitrogens with zero attached hydrogens (tertiary/aromatic N) is 2. The molecule has 0 aromatic carbocycles. The monoisotopic (exact) mass is 293 g/mol. The number of rotatable bonds is 6. The molecular formula is C15H23N3OS. The van der Waals surface area contributed by atoms with E-state index in [0.29, 0.717) is 4.99 Å². The summed E-state index contributed by atoms with van der Waals surface area (Å²) in [7, 11) is 0. The Morgan fingerprint density at radius 3 is 2.85 bits per heavy atom. The van der Waals surface area contributed by atoms with Crippen LogP contribution in [-0.4, -0.2) is 34.8 Å². The number of hydrogen-bond donors (Lipinski definition) is 2. The van der Waals surface area contributed by atoms with Crippen LogP contribution in [0.3, 0.4) is 0 Å². The second kappa shape index (κ2) is 6.99. The maximum absolute atomic E-state index is 9.03. The number of aryl methyl sites for hydroxylation is 2. The number of nitrogens with two attached hydrogens (primary N) is 1. The fourth-order valence-corrected chi connectivity index (χ4v) is 2.87. The minimum atomic E-state index is 0.184. The Morgan fingerprint density at radius 2 is 2.20 bits per heavy atom. The molecule has 4 nitrogen and oxygen atoms in total. The molecular weight excluding hydrogens is 270 g/mol. The van der Waals surface area contributed by atoms with Gasteiger partial charge in [0.05, 0.1) is 5.56 Å². The summed E-state index contributed by atoms with van der Waals surface area (Å²) in [5, 5.41) is 9.03. The van der Waals surface area contributed by atoms with Crippen LogP contribution in [0.2, 0.25) is 0 Å². The highest BCUT2D eigenvalue weighted by molar-refractivity contribution is 7.80. The van der Waals surface area contributed by atoms with Gasteiger partial charge in [0.2, 0.25) is 0 Å². The lowest BCUT2D eigenvalue weighted by atomic mass is 9.94. The van der Waals surface area contributed by atoms with Crippen LogP contribution >= 0.6 is 12.2 Å². The molecule has 2 rings (SSSR count). The van der Waals surface area contributed by atoms with Gasteiger partial charge in [0, 0.05) is 25.4 Å². The number of anilines is 1. The van der Waals surface area contributed by atoms with E-state index in [4.69, 9.17) is 28.0 Å². The van der Waals surface area contributed by atoms with E-state index in [1.807, 2.05) is 0 Å². The van der Waals surface area contributed by atoms with Gasteiger partial charge in [-0.3, -0.25) is 0 Å². The molecule has 0 aliphatic heterocycles. The SMILES string of the molecule is CCN(CCCO)c1nc2c(cc1C(N)=S)CCCC2. The van der Waals surface area contributed by atoms with E-state index in [9.17, 15) is 0 Å². The first kappa shape index (κ1) is 15.2. The maximum Gasteiger partial charge on any atom is 0.139 e. The molecule has 0 fully saturated rings. The van der Waals surface area contributed by atoms with Gasteiger partial charge in [-0.15, -0.1) is 0 Å². The number of aliphatic hydroxyl groups is 1. The van der Waals surface area contributed by atoms with Gasteiger partial charge in [-0.25, -0.2) is 4.98 Å². The van der Waals surface area contributed by atoms with E-state index < -0.39 is 0 Å². The minimum absolute atomic E-state index is 0.184. The molecule has 1 aromatic rings. The maximum atomic E-state index is 9.03. The van der Waals surface area contributed by atoms with Crippen LogP contribution in [0, 0.1) is 0 Å². The Labute approximate surface area is 126 Å². The summed E-state index contributed by atoms with van der Waals surface area (Å²) in [5.74, 6) is 0.883. The van der Waals surface area contributed by atoms with Gasteiger partial charge in [-0.05, 0) is 50.7 Å². The van der Waals surface area contributed by atoms with E-state index in [2.05, 4.69) is 17.9 Å². The zero-order valence-electron chi connectivity index (χ0n) is 12.1. The molecule has 1 aromatic heterocycles. The second-order valence-corrected chi connectivity index (χ2v) is 5.63. The zero-order valence-corrected chi connectivity index (χ0v) is 12.9. The third-order valence-corrected chi connectivity index (χ3v) is 4.03. The molecule has 1 aliphatic rings. The van der Waals surface area contributed by atoms with Crippen molar-refractivity contribution in [2.24, 2.45) is 5.73 Å². The summed E-state index contributed by atoms with van der Waals surface area (Å²) < 4.78 is 0. The predicted molar refractivity (Wildman–Crippen MR) is 86.4 cm³/mol. The van der Waals surface area contributed by atoms with Crippen molar-refractivity contribution in [2.75, 3.05) is 24.6 Å². The summed E-state index contributed by atoms with van der Waals surface area (Å²) in [5.41, 5.74) is 9.24. The number of aromatic nitrogens is 1. The summed E-state index contributed by atoms with van der Waals surface area (Å²) >= 11 is 5.20. The van der Waals surface area contributed by atoms with E-state index in [1.54, 1.807) is 0 Å². The Balaban J connectivity index is 2.40. The molecule has 0 saturated heterocycles. The molecule has 1 heterocycles. The molecule has 3 N–H and O–H groups in total. The van der Waals surface area contributed by atoms with Crippen molar-refractivity contribution in [1.29, 1.82) is 0 Å². The number of hydrogen-bond acceptors (Lipinski definition) is 4. The topological polar surface area (TPSA) is 62.4 Å². The Kier molecular flexibility index (Phi) is 5.31. The second-order valence-electron chi connectivity index (χ2n) is 5.19. The number of thiocarbonyl (C=S) groups is 1. The molecule has 0 atom stereocenters. The van der Waals surface area contributed by atoms with Crippen LogP contribution < -0.4 is 10.6 Å². The smallest absolute Gasteiger partial charge is 0.139 e. The molecule has 1 aliphatic carbocycles. The first-order chi connectivity index (χ1) is 9.67. The van der Waals surface area contributed by atoms with Crippen molar-refractivity contribution < 1.29 is 5.11 Å². The zero-order chi connectivity index (χ0) is 14.5. The Morgan fingerprint density at radius 1 is 1.45 bits per heavy atom. The highest BCUT2D eigenvalue weighted by Gasteiger charge is 2.19. The van der Waals surface area contributed by atoms with E-state index >= 15 is 0 Å². The van der Waals surface area contributed by atoms with E-state index in [-0.39, 0.29) is 6.61 Å². The Hall–Kier alpha value is -1.20. The van der Waals surface area contributed by atoms with Crippen molar-refractivity contribution >= 4 is 23.0 Å². The highest BCUT2D eigenvalue weighted by Crippen LogP contribution is 2.27. The van der Waals surface area contributed by atoms with Crippen LogP contribution in [0.25, 0.3) is 0 Å². The van der Waals surface area contributed by atoms with Crippen molar-refractivity contribution in [3.8, 4) is 0 Å². The van der Waals surface area contributed by atoms with Crippen LogP contribution in [0.15, 0.2) is 6.07 Å². The molecule has 0 radical (unpaired) electrons. The summed E-state index contributed by atoms with van der Waals surface area (Å²) in [6.07, 6.45) is 5.25.